The highest BCUT2D eigenvalue weighted by molar-refractivity contribution is 7.14. The van der Waals surface area contributed by atoms with Gasteiger partial charge >= 0.3 is 0 Å². The molecule has 2 heterocycles. The molecule has 4 heteroatoms. The van der Waals surface area contributed by atoms with Crippen LogP contribution >= 0.6 is 11.3 Å². The Morgan fingerprint density at radius 3 is 2.52 bits per heavy atom. The number of piperazine rings is 1. The van der Waals surface area contributed by atoms with Gasteiger partial charge in [0.05, 0.1) is 0 Å². The summed E-state index contributed by atoms with van der Waals surface area (Å²) in [6, 6.07) is 23.7. The van der Waals surface area contributed by atoms with Gasteiger partial charge in [0.2, 0.25) is 0 Å². The summed E-state index contributed by atoms with van der Waals surface area (Å²) >= 11 is 1.80. The van der Waals surface area contributed by atoms with E-state index in [4.69, 9.17) is 4.74 Å². The van der Waals surface area contributed by atoms with Gasteiger partial charge in [0, 0.05) is 47.7 Å². The standard InChI is InChI=1S/C27H28N2OS/c1-20-23(19-31-27(20)22-7-4-3-5-8-22)18-30-24-12-11-21-9-6-10-26(25(21)17-24)29-15-13-28(2)14-16-29/h3-12,17,19H,13-16,18H2,1-2H3. The molecule has 0 bridgehead atoms. The van der Waals surface area contributed by atoms with Crippen molar-refractivity contribution in [3.8, 4) is 16.2 Å². The van der Waals surface area contributed by atoms with Gasteiger partial charge in [0.25, 0.3) is 0 Å². The molecule has 0 amide bonds. The molecular weight excluding hydrogens is 400 g/mol. The van der Waals surface area contributed by atoms with E-state index in [1.54, 1.807) is 11.3 Å². The predicted molar refractivity (Wildman–Crippen MR) is 132 cm³/mol. The van der Waals surface area contributed by atoms with Crippen molar-refractivity contribution in [2.75, 3.05) is 38.1 Å². The largest absolute Gasteiger partial charge is 0.489 e. The average Bonchev–Trinajstić information content (AvgIpc) is 3.18. The van der Waals surface area contributed by atoms with Crippen LogP contribution in [0, 0.1) is 6.92 Å². The fourth-order valence-electron chi connectivity index (χ4n) is 4.28. The molecular formula is C27H28N2OS. The zero-order valence-corrected chi connectivity index (χ0v) is 19.0. The molecule has 31 heavy (non-hydrogen) atoms. The predicted octanol–water partition coefficient (Wildman–Crippen LogP) is 6.21. The Hall–Kier alpha value is -2.82. The van der Waals surface area contributed by atoms with Crippen molar-refractivity contribution in [2.45, 2.75) is 13.5 Å². The quantitative estimate of drug-likeness (QED) is 0.376. The Bertz CT molecular complexity index is 1180. The fraction of sp³-hybridized carbons (Fsp3) is 0.259. The summed E-state index contributed by atoms with van der Waals surface area (Å²) in [4.78, 5) is 6.22. The highest BCUT2D eigenvalue weighted by Gasteiger charge is 2.16. The van der Waals surface area contributed by atoms with E-state index in [2.05, 4.69) is 95.9 Å². The van der Waals surface area contributed by atoms with Gasteiger partial charge in [0.1, 0.15) is 12.4 Å². The first-order valence-electron chi connectivity index (χ1n) is 10.9. The summed E-state index contributed by atoms with van der Waals surface area (Å²) in [5.41, 5.74) is 5.17. The SMILES string of the molecule is Cc1c(COc2ccc3cccc(N4CCN(C)CC4)c3c2)csc1-c1ccccc1. The Morgan fingerprint density at radius 1 is 0.903 bits per heavy atom. The normalized spacial score (nSPS) is 14.8. The van der Waals surface area contributed by atoms with Crippen molar-refractivity contribution in [1.82, 2.24) is 4.90 Å². The van der Waals surface area contributed by atoms with Crippen LogP contribution < -0.4 is 9.64 Å². The van der Waals surface area contributed by atoms with Crippen LogP contribution in [0.2, 0.25) is 0 Å². The molecule has 1 aliphatic heterocycles. The van der Waals surface area contributed by atoms with Gasteiger partial charge in [-0.05, 0) is 54.1 Å². The third-order valence-electron chi connectivity index (χ3n) is 6.25. The number of thiophene rings is 1. The van der Waals surface area contributed by atoms with E-state index in [1.165, 1.54) is 38.0 Å². The molecule has 158 valence electrons. The fourth-order valence-corrected chi connectivity index (χ4v) is 5.36. The lowest BCUT2D eigenvalue weighted by Crippen LogP contribution is -2.44. The molecule has 0 spiro atoms. The molecule has 0 saturated carbocycles. The van der Waals surface area contributed by atoms with Crippen LogP contribution in [0.15, 0.2) is 72.1 Å². The number of likely N-dealkylation sites (N-methyl/N-ethyl adjacent to an activating group) is 1. The van der Waals surface area contributed by atoms with E-state index in [0.717, 1.165) is 31.9 Å². The number of hydrogen-bond donors (Lipinski definition) is 0. The zero-order valence-electron chi connectivity index (χ0n) is 18.2. The summed E-state index contributed by atoms with van der Waals surface area (Å²) < 4.78 is 6.27. The first-order valence-corrected chi connectivity index (χ1v) is 11.8. The number of benzene rings is 3. The van der Waals surface area contributed by atoms with Crippen LogP contribution in [-0.2, 0) is 6.61 Å². The lowest BCUT2D eigenvalue weighted by Gasteiger charge is -2.34. The van der Waals surface area contributed by atoms with Crippen LogP contribution in [0.1, 0.15) is 11.1 Å². The molecule has 4 aromatic rings. The van der Waals surface area contributed by atoms with Crippen molar-refractivity contribution >= 4 is 27.8 Å². The highest BCUT2D eigenvalue weighted by Crippen LogP contribution is 2.34. The number of ether oxygens (including phenoxy) is 1. The molecule has 1 fully saturated rings. The average molecular weight is 429 g/mol. The van der Waals surface area contributed by atoms with Gasteiger partial charge in [-0.1, -0.05) is 48.5 Å². The molecule has 3 nitrogen and oxygen atoms in total. The number of rotatable bonds is 5. The smallest absolute Gasteiger partial charge is 0.120 e. The summed E-state index contributed by atoms with van der Waals surface area (Å²) in [5, 5.41) is 4.77. The van der Waals surface area contributed by atoms with E-state index in [1.807, 2.05) is 0 Å². The Kier molecular flexibility index (Phi) is 5.66. The minimum atomic E-state index is 0.595. The number of hydrogen-bond acceptors (Lipinski definition) is 4. The summed E-state index contributed by atoms with van der Waals surface area (Å²) in [7, 11) is 2.20. The first kappa shape index (κ1) is 20.1. The lowest BCUT2D eigenvalue weighted by molar-refractivity contribution is 0.306. The van der Waals surface area contributed by atoms with Gasteiger partial charge in [-0.3, -0.25) is 0 Å². The second-order valence-electron chi connectivity index (χ2n) is 8.32. The van der Waals surface area contributed by atoms with E-state index in [9.17, 15) is 0 Å². The zero-order chi connectivity index (χ0) is 21.2. The van der Waals surface area contributed by atoms with Crippen LogP contribution in [-0.4, -0.2) is 38.1 Å². The van der Waals surface area contributed by atoms with E-state index in [0.29, 0.717) is 6.61 Å². The third-order valence-corrected chi connectivity index (χ3v) is 7.43. The van der Waals surface area contributed by atoms with E-state index >= 15 is 0 Å². The van der Waals surface area contributed by atoms with Crippen LogP contribution in [0.25, 0.3) is 21.2 Å². The molecule has 5 rings (SSSR count). The molecule has 0 unspecified atom stereocenters. The van der Waals surface area contributed by atoms with Crippen molar-refractivity contribution in [3.63, 3.8) is 0 Å². The summed E-state index contributed by atoms with van der Waals surface area (Å²) in [6.07, 6.45) is 0. The molecule has 0 atom stereocenters. The molecule has 1 saturated heterocycles. The van der Waals surface area contributed by atoms with Crippen LogP contribution in [0.3, 0.4) is 0 Å². The second-order valence-corrected chi connectivity index (χ2v) is 9.20. The van der Waals surface area contributed by atoms with Gasteiger partial charge in [-0.15, -0.1) is 11.3 Å². The van der Waals surface area contributed by atoms with E-state index < -0.39 is 0 Å². The van der Waals surface area contributed by atoms with Crippen LogP contribution in [0.5, 0.6) is 5.75 Å². The Morgan fingerprint density at radius 2 is 1.71 bits per heavy atom. The van der Waals surface area contributed by atoms with Crippen molar-refractivity contribution in [2.24, 2.45) is 0 Å². The van der Waals surface area contributed by atoms with Crippen molar-refractivity contribution in [3.05, 3.63) is 83.2 Å². The maximum Gasteiger partial charge on any atom is 0.120 e. The molecule has 0 N–H and O–H groups in total. The maximum atomic E-state index is 6.27. The topological polar surface area (TPSA) is 15.7 Å². The van der Waals surface area contributed by atoms with Crippen LogP contribution in [0.4, 0.5) is 5.69 Å². The number of fused-ring (bicyclic) bond motifs is 1. The van der Waals surface area contributed by atoms with Gasteiger partial charge in [-0.2, -0.15) is 0 Å². The van der Waals surface area contributed by atoms with Gasteiger partial charge in [-0.25, -0.2) is 0 Å². The van der Waals surface area contributed by atoms with E-state index in [-0.39, 0.29) is 0 Å². The third kappa shape index (κ3) is 4.18. The van der Waals surface area contributed by atoms with Gasteiger partial charge in [0.15, 0.2) is 0 Å². The molecule has 0 aliphatic carbocycles. The Labute approximate surface area is 188 Å². The molecule has 3 aromatic carbocycles. The Balaban J connectivity index is 1.37. The summed E-state index contributed by atoms with van der Waals surface area (Å²) in [5.74, 6) is 0.931. The maximum absolute atomic E-state index is 6.27. The second kappa shape index (κ2) is 8.74. The summed E-state index contributed by atoms with van der Waals surface area (Å²) in [6.45, 7) is 7.14. The first-order chi connectivity index (χ1) is 15.2. The molecule has 0 radical (unpaired) electrons. The molecule has 1 aliphatic rings. The lowest BCUT2D eigenvalue weighted by atomic mass is 10.1. The number of anilines is 1. The minimum absolute atomic E-state index is 0.595. The monoisotopic (exact) mass is 428 g/mol. The van der Waals surface area contributed by atoms with Crippen molar-refractivity contribution < 1.29 is 4.74 Å². The highest BCUT2D eigenvalue weighted by atomic mass is 32.1. The number of nitrogens with zero attached hydrogens (tertiary/aromatic N) is 2. The van der Waals surface area contributed by atoms with Gasteiger partial charge < -0.3 is 14.5 Å². The van der Waals surface area contributed by atoms with Crippen molar-refractivity contribution in [1.29, 1.82) is 0 Å². The molecule has 1 aromatic heterocycles. The minimum Gasteiger partial charge on any atom is -0.489 e.